The van der Waals surface area contributed by atoms with Gasteiger partial charge >= 0.3 is 0 Å². The molecular formula is C19H31N3O3S. The fraction of sp³-hybridized carbons (Fsp3) is 0.632. The van der Waals surface area contributed by atoms with Crippen molar-refractivity contribution in [2.75, 3.05) is 39.0 Å². The van der Waals surface area contributed by atoms with Gasteiger partial charge in [0.2, 0.25) is 0 Å². The summed E-state index contributed by atoms with van der Waals surface area (Å²) in [6, 6.07) is 8.22. The molecule has 6 nitrogen and oxygen atoms in total. The molecule has 0 bridgehead atoms. The summed E-state index contributed by atoms with van der Waals surface area (Å²) in [5.41, 5.74) is 2.39. The van der Waals surface area contributed by atoms with Crippen LogP contribution in [0.25, 0.3) is 0 Å². The molecule has 0 radical (unpaired) electrons. The SMILES string of the molecule is CN=C(NCCS(=O)(=O)C(C)(C)C)N1CCOC(c2ccccc2C)C1. The summed E-state index contributed by atoms with van der Waals surface area (Å²) in [7, 11) is -1.43. The lowest BCUT2D eigenvalue weighted by atomic mass is 10.0. The first-order valence-corrected chi connectivity index (χ1v) is 10.7. The molecule has 7 heteroatoms. The van der Waals surface area contributed by atoms with Crippen LogP contribution in [-0.4, -0.2) is 63.1 Å². The standard InChI is InChI=1S/C19H31N3O3S/c1-15-8-6-7-9-16(15)17-14-22(11-12-25-17)18(20-5)21-10-13-26(23,24)19(2,3)4/h6-9,17H,10-14H2,1-5H3,(H,20,21). The summed E-state index contributed by atoms with van der Waals surface area (Å²) in [5.74, 6) is 0.803. The predicted octanol–water partition coefficient (Wildman–Crippen LogP) is 2.16. The third-order valence-electron chi connectivity index (χ3n) is 4.70. The molecule has 1 aliphatic heterocycles. The highest BCUT2D eigenvalue weighted by Crippen LogP contribution is 2.25. The monoisotopic (exact) mass is 381 g/mol. The number of hydrogen-bond donors (Lipinski definition) is 1. The second kappa shape index (κ2) is 8.39. The Bertz CT molecular complexity index is 739. The molecule has 1 heterocycles. The number of aryl methyl sites for hydroxylation is 1. The van der Waals surface area contributed by atoms with Gasteiger partial charge in [-0.3, -0.25) is 4.99 Å². The summed E-state index contributed by atoms with van der Waals surface area (Å²) < 4.78 is 29.7. The van der Waals surface area contributed by atoms with E-state index in [4.69, 9.17) is 4.74 Å². The minimum atomic E-state index is -3.15. The van der Waals surface area contributed by atoms with Crippen LogP contribution in [-0.2, 0) is 14.6 Å². The van der Waals surface area contributed by atoms with E-state index in [0.29, 0.717) is 19.7 Å². The predicted molar refractivity (Wildman–Crippen MR) is 106 cm³/mol. The maximum absolute atomic E-state index is 12.3. The molecule has 1 N–H and O–H groups in total. The van der Waals surface area contributed by atoms with Crippen LogP contribution in [0.5, 0.6) is 0 Å². The number of aliphatic imine (C=N–C) groups is 1. The van der Waals surface area contributed by atoms with Crippen molar-refractivity contribution in [1.82, 2.24) is 10.2 Å². The number of sulfone groups is 1. The molecule has 1 aliphatic rings. The van der Waals surface area contributed by atoms with Gasteiger partial charge in [0.25, 0.3) is 0 Å². The van der Waals surface area contributed by atoms with Crippen LogP contribution in [0.3, 0.4) is 0 Å². The van der Waals surface area contributed by atoms with Crippen molar-refractivity contribution in [3.63, 3.8) is 0 Å². The van der Waals surface area contributed by atoms with Gasteiger partial charge in [0, 0.05) is 20.1 Å². The van der Waals surface area contributed by atoms with E-state index in [2.05, 4.69) is 34.3 Å². The van der Waals surface area contributed by atoms with Crippen molar-refractivity contribution in [2.45, 2.75) is 38.5 Å². The Morgan fingerprint density at radius 1 is 1.35 bits per heavy atom. The van der Waals surface area contributed by atoms with Gasteiger partial charge < -0.3 is 15.0 Å². The van der Waals surface area contributed by atoms with Crippen molar-refractivity contribution in [1.29, 1.82) is 0 Å². The van der Waals surface area contributed by atoms with Crippen LogP contribution < -0.4 is 5.32 Å². The molecular weight excluding hydrogens is 350 g/mol. The molecule has 0 spiro atoms. The third kappa shape index (κ3) is 4.98. The fourth-order valence-corrected chi connectivity index (χ4v) is 3.90. The highest BCUT2D eigenvalue weighted by atomic mass is 32.2. The topological polar surface area (TPSA) is 71.0 Å². The van der Waals surface area contributed by atoms with E-state index in [1.165, 1.54) is 11.1 Å². The van der Waals surface area contributed by atoms with Gasteiger partial charge in [0.15, 0.2) is 15.8 Å². The first-order chi connectivity index (χ1) is 12.2. The second-order valence-corrected chi connectivity index (χ2v) is 10.4. The lowest BCUT2D eigenvalue weighted by Gasteiger charge is -2.35. The second-order valence-electron chi connectivity index (χ2n) is 7.57. The summed E-state index contributed by atoms with van der Waals surface area (Å²) in [6.45, 7) is 9.65. The van der Waals surface area contributed by atoms with Gasteiger partial charge in [-0.25, -0.2) is 8.42 Å². The number of rotatable bonds is 4. The van der Waals surface area contributed by atoms with Gasteiger partial charge in [0.1, 0.15) is 6.10 Å². The number of ether oxygens (including phenoxy) is 1. The molecule has 2 rings (SSSR count). The maximum Gasteiger partial charge on any atom is 0.193 e. The van der Waals surface area contributed by atoms with Crippen molar-refractivity contribution >= 4 is 15.8 Å². The number of morpholine rings is 1. The van der Waals surface area contributed by atoms with E-state index >= 15 is 0 Å². The minimum Gasteiger partial charge on any atom is -0.370 e. The number of benzene rings is 1. The number of nitrogens with zero attached hydrogens (tertiary/aromatic N) is 2. The van der Waals surface area contributed by atoms with E-state index in [0.717, 1.165) is 12.5 Å². The zero-order chi connectivity index (χ0) is 19.4. The Hall–Kier alpha value is -1.60. The quantitative estimate of drug-likeness (QED) is 0.639. The average Bonchev–Trinajstić information content (AvgIpc) is 2.58. The Balaban J connectivity index is 1.99. The molecule has 1 unspecified atom stereocenters. The van der Waals surface area contributed by atoms with E-state index < -0.39 is 14.6 Å². The smallest absolute Gasteiger partial charge is 0.193 e. The maximum atomic E-state index is 12.3. The highest BCUT2D eigenvalue weighted by molar-refractivity contribution is 7.92. The highest BCUT2D eigenvalue weighted by Gasteiger charge is 2.29. The van der Waals surface area contributed by atoms with Gasteiger partial charge in [-0.1, -0.05) is 24.3 Å². The molecule has 1 fully saturated rings. The summed E-state index contributed by atoms with van der Waals surface area (Å²) in [4.78, 5) is 6.45. The average molecular weight is 382 g/mol. The lowest BCUT2D eigenvalue weighted by molar-refractivity contribution is -0.00827. The number of guanidine groups is 1. The van der Waals surface area contributed by atoms with Gasteiger partial charge in [0.05, 0.1) is 23.7 Å². The molecule has 1 atom stereocenters. The summed E-state index contributed by atoms with van der Waals surface area (Å²) >= 11 is 0. The van der Waals surface area contributed by atoms with Crippen molar-refractivity contribution in [3.8, 4) is 0 Å². The first kappa shape index (κ1) is 20.7. The molecule has 1 saturated heterocycles. The van der Waals surface area contributed by atoms with E-state index in [9.17, 15) is 8.42 Å². The Labute approximate surface area is 157 Å². The molecule has 0 saturated carbocycles. The van der Waals surface area contributed by atoms with Crippen LogP contribution in [0.2, 0.25) is 0 Å². The van der Waals surface area contributed by atoms with E-state index in [1.54, 1.807) is 27.8 Å². The first-order valence-electron chi connectivity index (χ1n) is 9.01. The van der Waals surface area contributed by atoms with E-state index in [1.807, 2.05) is 12.1 Å². The van der Waals surface area contributed by atoms with Crippen LogP contribution in [0.1, 0.15) is 38.0 Å². The molecule has 26 heavy (non-hydrogen) atoms. The Morgan fingerprint density at radius 2 is 2.04 bits per heavy atom. The van der Waals surface area contributed by atoms with Crippen molar-refractivity contribution in [3.05, 3.63) is 35.4 Å². The van der Waals surface area contributed by atoms with Gasteiger partial charge in [-0.05, 0) is 38.8 Å². The largest absolute Gasteiger partial charge is 0.370 e. The van der Waals surface area contributed by atoms with Crippen LogP contribution in [0, 0.1) is 6.92 Å². The van der Waals surface area contributed by atoms with Crippen LogP contribution in [0.15, 0.2) is 29.3 Å². The van der Waals surface area contributed by atoms with Crippen molar-refractivity contribution in [2.24, 2.45) is 4.99 Å². The molecule has 146 valence electrons. The zero-order valence-corrected chi connectivity index (χ0v) is 17.3. The van der Waals surface area contributed by atoms with Gasteiger partial charge in [-0.15, -0.1) is 0 Å². The molecule has 0 aromatic heterocycles. The lowest BCUT2D eigenvalue weighted by Crippen LogP contribution is -2.49. The number of nitrogens with one attached hydrogen (secondary N) is 1. The zero-order valence-electron chi connectivity index (χ0n) is 16.4. The summed E-state index contributed by atoms with van der Waals surface area (Å²) in [5, 5.41) is 3.20. The van der Waals surface area contributed by atoms with Crippen molar-refractivity contribution < 1.29 is 13.2 Å². The number of hydrogen-bond acceptors (Lipinski definition) is 4. The Morgan fingerprint density at radius 3 is 2.65 bits per heavy atom. The summed E-state index contributed by atoms with van der Waals surface area (Å²) in [6.07, 6.45) is -0.0122. The Kier molecular flexibility index (Phi) is 6.69. The molecule has 1 aromatic carbocycles. The molecule has 0 aliphatic carbocycles. The molecule has 1 aromatic rings. The van der Waals surface area contributed by atoms with Gasteiger partial charge in [-0.2, -0.15) is 0 Å². The normalized spacial score (nSPS) is 19.5. The van der Waals surface area contributed by atoms with Crippen LogP contribution in [0.4, 0.5) is 0 Å². The molecule has 0 amide bonds. The van der Waals surface area contributed by atoms with Crippen LogP contribution >= 0.6 is 0 Å². The minimum absolute atomic E-state index is 0.0122. The van der Waals surface area contributed by atoms with E-state index in [-0.39, 0.29) is 11.9 Å². The third-order valence-corrected chi connectivity index (χ3v) is 7.31. The fourth-order valence-electron chi connectivity index (χ4n) is 2.91.